The van der Waals surface area contributed by atoms with Crippen LogP contribution in [0.15, 0.2) is 29.2 Å². The van der Waals surface area contributed by atoms with Gasteiger partial charge in [0.2, 0.25) is 0 Å². The van der Waals surface area contributed by atoms with Gasteiger partial charge in [-0.25, -0.2) is 8.42 Å². The van der Waals surface area contributed by atoms with Crippen molar-refractivity contribution in [2.24, 2.45) is 0 Å². The molecule has 0 radical (unpaired) electrons. The normalized spacial score (nSPS) is 13.6. The zero-order valence-corrected chi connectivity index (χ0v) is 10.9. The van der Waals surface area contributed by atoms with E-state index in [0.29, 0.717) is 5.75 Å². The van der Waals surface area contributed by atoms with Crippen LogP contribution in [-0.2, 0) is 15.2 Å². The summed E-state index contributed by atoms with van der Waals surface area (Å²) in [7, 11) is -2.71. The summed E-state index contributed by atoms with van der Waals surface area (Å²) in [5.41, 5.74) is 1.20. The third-order valence-corrected chi connectivity index (χ3v) is 4.59. The van der Waals surface area contributed by atoms with Crippen LogP contribution in [0.4, 0.5) is 5.69 Å². The summed E-state index contributed by atoms with van der Waals surface area (Å²) in [5, 5.41) is 0. The van der Waals surface area contributed by atoms with Crippen LogP contribution in [0.5, 0.6) is 0 Å². The van der Waals surface area contributed by atoms with E-state index in [0.717, 1.165) is 5.88 Å². The summed E-state index contributed by atoms with van der Waals surface area (Å²) in [5.74, 6) is 1.53. The number of hydrogen-bond acceptors (Lipinski definition) is 6. The summed E-state index contributed by atoms with van der Waals surface area (Å²) >= 11 is 3.37. The Morgan fingerprint density at radius 1 is 1.41 bits per heavy atom. The maximum absolute atomic E-state index is 10.2. The zero-order chi connectivity index (χ0) is 11.4. The van der Waals surface area contributed by atoms with Gasteiger partial charge in [0.25, 0.3) is 11.0 Å². The molecular weight excluding hydrogens is 289 g/mol. The molecule has 1 aliphatic rings. The Balaban J connectivity index is 0.00000144. The quantitative estimate of drug-likeness (QED) is 0.380. The summed E-state index contributed by atoms with van der Waals surface area (Å²) in [6.45, 7) is 0.229. The Kier molecular flexibility index (Phi) is 7.32. The molecule has 0 fully saturated rings. The van der Waals surface area contributed by atoms with Crippen LogP contribution in [0.2, 0.25) is 0 Å². The minimum absolute atomic E-state index is 0. The Labute approximate surface area is 133 Å². The number of para-hydroxylation sites is 1. The molecule has 1 aromatic rings. The summed E-state index contributed by atoms with van der Waals surface area (Å²) in [4.78, 5) is 1.27. The molecule has 0 saturated heterocycles. The van der Waals surface area contributed by atoms with Crippen LogP contribution in [0, 0.1) is 0 Å². The molecule has 0 atom stereocenters. The average Bonchev–Trinajstić information content (AvgIpc) is 2.68. The van der Waals surface area contributed by atoms with E-state index in [9.17, 15) is 8.42 Å². The van der Waals surface area contributed by atoms with Gasteiger partial charge in [0.05, 0.1) is 18.2 Å². The molecule has 1 aliphatic heterocycles. The molecule has 8 heteroatoms. The number of thioether (sulfide) groups is 1. The third-order valence-electron chi connectivity index (χ3n) is 2.00. The van der Waals surface area contributed by atoms with Crippen LogP contribution in [-0.4, -0.2) is 56.2 Å². The van der Waals surface area contributed by atoms with Gasteiger partial charge >= 0.3 is 29.6 Å². The van der Waals surface area contributed by atoms with Gasteiger partial charge in [-0.05, 0) is 24.1 Å². The number of rotatable bonds is 5. The predicted octanol–water partition coefficient (Wildman–Crippen LogP) is 1.10. The van der Waals surface area contributed by atoms with Gasteiger partial charge in [0.1, 0.15) is 0 Å². The second-order valence-electron chi connectivity index (χ2n) is 3.01. The molecule has 2 rings (SSSR count). The van der Waals surface area contributed by atoms with Gasteiger partial charge in [-0.15, -0.1) is 11.8 Å². The molecule has 17 heavy (non-hydrogen) atoms. The van der Waals surface area contributed by atoms with Crippen molar-refractivity contribution in [1.82, 2.24) is 0 Å². The molecule has 0 saturated carbocycles. The van der Waals surface area contributed by atoms with Crippen LogP contribution >= 0.6 is 23.7 Å². The van der Waals surface area contributed by atoms with Crippen LogP contribution in [0.3, 0.4) is 0 Å². The van der Waals surface area contributed by atoms with Gasteiger partial charge in [-0.3, -0.25) is 4.18 Å². The van der Waals surface area contributed by atoms with E-state index >= 15 is 0 Å². The van der Waals surface area contributed by atoms with Gasteiger partial charge in [0, 0.05) is 10.6 Å². The fourth-order valence-electron chi connectivity index (χ4n) is 1.35. The molecule has 0 spiro atoms. The zero-order valence-electron chi connectivity index (χ0n) is 8.37. The van der Waals surface area contributed by atoms with Gasteiger partial charge in [-0.1, -0.05) is 12.1 Å². The molecule has 0 aromatic heterocycles. The van der Waals surface area contributed by atoms with Crippen molar-refractivity contribution >= 4 is 69.9 Å². The standard InChI is InChI=1S/C9H11NO3S3.Na.H/c11-16(12)13-5-6-15-10-7-14-9-4-2-1-3-8(9)10;;/h1-4,16H,5-7H2;;. The first-order valence-corrected chi connectivity index (χ1v) is 7.69. The minimum atomic E-state index is -2.71. The number of nitrogens with zero attached hydrogens (tertiary/aromatic N) is 1. The maximum atomic E-state index is 10.2. The molecule has 0 aliphatic carbocycles. The van der Waals surface area contributed by atoms with Crippen molar-refractivity contribution in [3.05, 3.63) is 24.3 Å². The van der Waals surface area contributed by atoms with Crippen molar-refractivity contribution in [3.63, 3.8) is 0 Å². The summed E-state index contributed by atoms with van der Waals surface area (Å²) in [6.07, 6.45) is 0. The average molecular weight is 301 g/mol. The van der Waals surface area contributed by atoms with Gasteiger partial charge in [-0.2, -0.15) is 0 Å². The first-order valence-electron chi connectivity index (χ1n) is 4.67. The van der Waals surface area contributed by atoms with E-state index in [2.05, 4.69) is 20.6 Å². The number of fused-ring (bicyclic) bond motifs is 1. The molecule has 0 unspecified atom stereocenters. The topological polar surface area (TPSA) is 46.6 Å². The Morgan fingerprint density at radius 2 is 2.18 bits per heavy atom. The number of benzene rings is 1. The van der Waals surface area contributed by atoms with E-state index in [1.807, 2.05) is 12.1 Å². The van der Waals surface area contributed by atoms with E-state index in [1.165, 1.54) is 10.6 Å². The SMILES string of the molecule is O=[SH](=O)OCCSN1CSc2ccccc21.[NaH]. The Bertz CT molecular complexity index is 433. The third kappa shape index (κ3) is 4.66. The van der Waals surface area contributed by atoms with E-state index in [1.54, 1.807) is 23.7 Å². The van der Waals surface area contributed by atoms with Crippen LogP contribution in [0.1, 0.15) is 0 Å². The fraction of sp³-hybridized carbons (Fsp3) is 0.333. The van der Waals surface area contributed by atoms with Crippen molar-refractivity contribution in [1.29, 1.82) is 0 Å². The molecule has 0 amide bonds. The monoisotopic (exact) mass is 301 g/mol. The molecule has 1 heterocycles. The van der Waals surface area contributed by atoms with Crippen LogP contribution < -0.4 is 4.31 Å². The van der Waals surface area contributed by atoms with E-state index < -0.39 is 11.0 Å². The summed E-state index contributed by atoms with van der Waals surface area (Å²) in [6, 6.07) is 8.18. The molecule has 90 valence electrons. The van der Waals surface area contributed by atoms with Crippen molar-refractivity contribution in [3.8, 4) is 0 Å². The van der Waals surface area contributed by atoms with Crippen molar-refractivity contribution in [2.45, 2.75) is 4.90 Å². The molecular formula is C9H12NNaO3S3. The van der Waals surface area contributed by atoms with E-state index in [4.69, 9.17) is 0 Å². The second-order valence-corrected chi connectivity index (χ2v) is 5.81. The summed E-state index contributed by atoms with van der Waals surface area (Å²) < 4.78 is 27.0. The molecule has 4 nitrogen and oxygen atoms in total. The fourth-order valence-corrected chi connectivity index (χ4v) is 3.80. The Hall–Kier alpha value is 0.630. The second kappa shape index (κ2) is 7.93. The van der Waals surface area contributed by atoms with Gasteiger partial charge < -0.3 is 4.31 Å². The molecule has 0 N–H and O–H groups in total. The van der Waals surface area contributed by atoms with Crippen LogP contribution in [0.25, 0.3) is 0 Å². The van der Waals surface area contributed by atoms with Crippen molar-refractivity contribution in [2.75, 3.05) is 22.5 Å². The Morgan fingerprint density at radius 3 is 2.94 bits per heavy atom. The predicted molar refractivity (Wildman–Crippen MR) is 75.5 cm³/mol. The first kappa shape index (κ1) is 15.7. The number of anilines is 1. The number of thiol groups is 1. The molecule has 0 bridgehead atoms. The number of hydrogen-bond donors (Lipinski definition) is 1. The van der Waals surface area contributed by atoms with E-state index in [-0.39, 0.29) is 36.2 Å². The first-order chi connectivity index (χ1) is 7.77. The van der Waals surface area contributed by atoms with Crippen molar-refractivity contribution < 1.29 is 12.6 Å². The molecule has 1 aromatic carbocycles. The van der Waals surface area contributed by atoms with Gasteiger partial charge in [0.15, 0.2) is 0 Å².